The molecule has 0 amide bonds. The Morgan fingerprint density at radius 1 is 0.583 bits per heavy atom. The van der Waals surface area contributed by atoms with E-state index >= 15 is 0 Å². The first kappa shape index (κ1) is 41.9. The van der Waals surface area contributed by atoms with Crippen LogP contribution in [0.3, 0.4) is 0 Å². The number of hydrogen-bond donors (Lipinski definition) is 0. The largest absolute Gasteiger partial charge is 0.496 e. The molecule has 8 aromatic heterocycles. The third-order valence-electron chi connectivity index (χ3n) is 10.3. The molecule has 1 aliphatic rings. The van der Waals surface area contributed by atoms with Crippen molar-refractivity contribution in [1.82, 2.24) is 38.7 Å². The van der Waals surface area contributed by atoms with Crippen molar-refractivity contribution in [3.8, 4) is 34.3 Å². The van der Waals surface area contributed by atoms with Gasteiger partial charge in [0, 0.05) is 43.2 Å². The van der Waals surface area contributed by atoms with E-state index in [-0.39, 0.29) is 22.8 Å². The summed E-state index contributed by atoms with van der Waals surface area (Å²) in [7, 11) is -0.393. The summed E-state index contributed by atoms with van der Waals surface area (Å²) in [6, 6.07) is 30.6. The number of Topliss-reactive ketones (excluding diaryl/α,β-unsaturated/α-hetero) is 2. The van der Waals surface area contributed by atoms with Gasteiger partial charge >= 0.3 is 7.12 Å². The van der Waals surface area contributed by atoms with E-state index in [9.17, 15) is 9.59 Å². The van der Waals surface area contributed by atoms with Crippen molar-refractivity contribution in [3.63, 3.8) is 0 Å². The van der Waals surface area contributed by atoms with Gasteiger partial charge in [0.2, 0.25) is 0 Å². The molecule has 0 N–H and O–H groups in total. The lowest BCUT2D eigenvalue weighted by molar-refractivity contribution is 0.00578. The molecule has 60 heavy (non-hydrogen) atoms. The number of aryl methyl sites for hydroxylation is 2. The summed E-state index contributed by atoms with van der Waals surface area (Å²) in [6.45, 7) is 15.2. The second-order valence-corrected chi connectivity index (χ2v) is 16.2. The maximum absolute atomic E-state index is 11.6. The highest BCUT2D eigenvalue weighted by Crippen LogP contribution is 2.36. The second kappa shape index (κ2) is 17.2. The number of hydrogen-bond acceptors (Lipinski definition) is 10. The van der Waals surface area contributed by atoms with Crippen molar-refractivity contribution >= 4 is 51.1 Å². The van der Waals surface area contributed by atoms with Crippen LogP contribution >= 0.6 is 15.9 Å². The number of fused-ring (bicyclic) bond motifs is 2. The number of rotatable bonds is 6. The van der Waals surface area contributed by atoms with Crippen molar-refractivity contribution in [3.05, 3.63) is 149 Å². The Morgan fingerprint density at radius 3 is 1.58 bits per heavy atom. The van der Waals surface area contributed by atoms with Gasteiger partial charge in [0.15, 0.2) is 23.2 Å². The molecule has 302 valence electrons. The standard InChI is InChI=1S/C20H16N4O.C19H22BN3O2.C7H6BrNO/c1-13-5-3-8-19(22-13)20-21-11-16-10-9-15(12-24(16)20)18-7-4-6-17(23-18)14(2)25;1-13-7-6-8-16(22-13)17-21-11-15-10-9-14(12-23(15)17)20-24-18(2,3)19(4,5)25-20;1-5(10)6-3-2-4-7(8)9-6/h3-12H,1-2H3;6-12H,1-5H3;2-4H,1H3. The number of aromatic nitrogens is 8. The second-order valence-electron chi connectivity index (χ2n) is 15.4. The zero-order chi connectivity index (χ0) is 42.8. The summed E-state index contributed by atoms with van der Waals surface area (Å²) in [5.41, 5.74) is 8.46. The highest BCUT2D eigenvalue weighted by molar-refractivity contribution is 9.10. The summed E-state index contributed by atoms with van der Waals surface area (Å²) in [4.78, 5) is 48.9. The fourth-order valence-electron chi connectivity index (χ4n) is 6.38. The highest BCUT2D eigenvalue weighted by Gasteiger charge is 2.51. The van der Waals surface area contributed by atoms with Crippen LogP contribution in [0.5, 0.6) is 0 Å². The van der Waals surface area contributed by atoms with E-state index in [2.05, 4.69) is 73.5 Å². The van der Waals surface area contributed by atoms with Gasteiger partial charge in [0.1, 0.15) is 27.4 Å². The fraction of sp³-hybridized carbons (Fsp3) is 0.217. The molecule has 0 saturated carbocycles. The Labute approximate surface area is 357 Å². The van der Waals surface area contributed by atoms with Gasteiger partial charge in [-0.05, 0) is 130 Å². The number of nitrogens with zero attached hydrogens (tertiary/aromatic N) is 8. The minimum absolute atomic E-state index is 0.0127. The maximum Gasteiger partial charge on any atom is 0.496 e. The number of halogens is 1. The molecule has 0 bridgehead atoms. The molecule has 1 fully saturated rings. The topological polar surface area (TPSA) is 139 Å². The van der Waals surface area contributed by atoms with Crippen LogP contribution in [0.25, 0.3) is 45.3 Å². The molecule has 0 unspecified atom stereocenters. The number of carbonyl (C=O) groups is 2. The van der Waals surface area contributed by atoms with E-state index in [0.717, 1.165) is 62.2 Å². The zero-order valence-corrected chi connectivity index (χ0v) is 36.3. The summed E-state index contributed by atoms with van der Waals surface area (Å²) in [6.07, 6.45) is 7.69. The zero-order valence-electron chi connectivity index (χ0n) is 34.7. The normalized spacial score (nSPS) is 14.0. The van der Waals surface area contributed by atoms with Crippen molar-refractivity contribution < 1.29 is 18.9 Å². The van der Waals surface area contributed by atoms with Crippen LogP contribution in [-0.4, -0.2) is 68.6 Å². The highest BCUT2D eigenvalue weighted by atomic mass is 79.9. The van der Waals surface area contributed by atoms with Crippen molar-refractivity contribution in [2.75, 3.05) is 0 Å². The third-order valence-corrected chi connectivity index (χ3v) is 10.8. The van der Waals surface area contributed by atoms with E-state index in [1.165, 1.54) is 13.8 Å². The predicted molar refractivity (Wildman–Crippen MR) is 237 cm³/mol. The van der Waals surface area contributed by atoms with Crippen molar-refractivity contribution in [2.45, 2.75) is 66.6 Å². The molecule has 0 aromatic carbocycles. The van der Waals surface area contributed by atoms with Crippen LogP contribution in [-0.2, 0) is 9.31 Å². The Kier molecular flexibility index (Phi) is 12.0. The molecular weight excluding hydrogens is 819 g/mol. The Morgan fingerprint density at radius 2 is 1.07 bits per heavy atom. The third kappa shape index (κ3) is 9.15. The van der Waals surface area contributed by atoms with Gasteiger partial charge in [-0.2, -0.15) is 0 Å². The van der Waals surface area contributed by atoms with E-state index < -0.39 is 7.12 Å². The lowest BCUT2D eigenvalue weighted by atomic mass is 9.80. The molecule has 0 spiro atoms. The average molecular weight is 864 g/mol. The summed E-state index contributed by atoms with van der Waals surface area (Å²) < 4.78 is 17.1. The van der Waals surface area contributed by atoms with Gasteiger partial charge in [0.25, 0.3) is 0 Å². The minimum atomic E-state index is -0.393. The van der Waals surface area contributed by atoms with Crippen LogP contribution in [0.1, 0.15) is 73.9 Å². The van der Waals surface area contributed by atoms with E-state index in [4.69, 9.17) is 9.31 Å². The van der Waals surface area contributed by atoms with Crippen molar-refractivity contribution in [2.24, 2.45) is 0 Å². The first-order valence-corrected chi connectivity index (χ1v) is 20.2. The maximum atomic E-state index is 11.6. The molecule has 9 rings (SSSR count). The Balaban J connectivity index is 0.000000148. The van der Waals surface area contributed by atoms with Crippen LogP contribution in [0.15, 0.2) is 126 Å². The van der Waals surface area contributed by atoms with Gasteiger partial charge in [-0.3, -0.25) is 18.4 Å². The summed E-state index contributed by atoms with van der Waals surface area (Å²) in [5.74, 6) is 1.54. The molecular formula is C46H44BBrN8O4. The van der Waals surface area contributed by atoms with Crippen LogP contribution < -0.4 is 5.46 Å². The van der Waals surface area contributed by atoms with E-state index in [0.29, 0.717) is 16.0 Å². The van der Waals surface area contributed by atoms with Crippen molar-refractivity contribution in [1.29, 1.82) is 0 Å². The Hall–Kier alpha value is -6.22. The monoisotopic (exact) mass is 862 g/mol. The van der Waals surface area contributed by atoms with Gasteiger partial charge in [0.05, 0.1) is 40.3 Å². The smallest absolute Gasteiger partial charge is 0.399 e. The molecule has 12 nitrogen and oxygen atoms in total. The molecule has 1 aliphatic heterocycles. The molecule has 0 atom stereocenters. The SMILES string of the molecule is CC(=O)c1cccc(-c2ccc3cnc(-c4cccc(C)n4)n3c2)n1.CC(=O)c1cccc(Br)n1.Cc1cccc(-c2ncc3ccc(B4OC(C)(C)C(C)(C)O4)cn23)n1. The molecule has 14 heteroatoms. The number of imidazole rings is 2. The summed E-state index contributed by atoms with van der Waals surface area (Å²) in [5, 5.41) is 0. The molecule has 0 radical (unpaired) electrons. The van der Waals surface area contributed by atoms with E-state index in [1.54, 1.807) is 24.3 Å². The number of carbonyl (C=O) groups excluding carboxylic acids is 2. The molecule has 0 aliphatic carbocycles. The lowest BCUT2D eigenvalue weighted by Crippen LogP contribution is -2.41. The van der Waals surface area contributed by atoms with Gasteiger partial charge in [-0.25, -0.2) is 29.9 Å². The quantitative estimate of drug-likeness (QED) is 0.0904. The van der Waals surface area contributed by atoms with Gasteiger partial charge < -0.3 is 9.31 Å². The van der Waals surface area contributed by atoms with Crippen LogP contribution in [0.2, 0.25) is 0 Å². The lowest BCUT2D eigenvalue weighted by Gasteiger charge is -2.32. The van der Waals surface area contributed by atoms with E-state index in [1.807, 2.05) is 120 Å². The summed E-state index contributed by atoms with van der Waals surface area (Å²) >= 11 is 3.17. The first-order valence-electron chi connectivity index (χ1n) is 19.4. The van der Waals surface area contributed by atoms with Crippen LogP contribution in [0, 0.1) is 13.8 Å². The van der Waals surface area contributed by atoms with Gasteiger partial charge in [-0.1, -0.05) is 30.3 Å². The van der Waals surface area contributed by atoms with Crippen LogP contribution in [0.4, 0.5) is 0 Å². The predicted octanol–water partition coefficient (Wildman–Crippen LogP) is 9.02. The molecule has 8 aromatic rings. The number of ketones is 2. The average Bonchev–Trinajstić information content (AvgIpc) is 3.90. The molecule has 9 heterocycles. The number of pyridine rings is 6. The minimum Gasteiger partial charge on any atom is -0.399 e. The first-order chi connectivity index (χ1) is 28.6. The molecule has 1 saturated heterocycles. The fourth-order valence-corrected chi connectivity index (χ4v) is 6.72. The Bertz CT molecular complexity index is 2860. The van der Waals surface area contributed by atoms with Gasteiger partial charge in [-0.15, -0.1) is 0 Å².